The molecule has 0 aromatic carbocycles. The number of hydrogen-bond acceptors (Lipinski definition) is 5. The van der Waals surface area contributed by atoms with E-state index < -0.39 is 5.91 Å². The van der Waals surface area contributed by atoms with Crippen LogP contribution in [-0.2, 0) is 11.2 Å². The minimum Gasteiger partial charge on any atom is -0.274 e. The van der Waals surface area contributed by atoms with Crippen LogP contribution >= 0.6 is 11.6 Å². The van der Waals surface area contributed by atoms with Gasteiger partial charge in [-0.05, 0) is 12.1 Å². The van der Waals surface area contributed by atoms with E-state index in [0.29, 0.717) is 10.7 Å². The summed E-state index contributed by atoms with van der Waals surface area (Å²) in [5.74, 6) is -0.669. The topological polar surface area (TPSA) is 76.1 Å². The van der Waals surface area contributed by atoms with Gasteiger partial charge in [0.25, 0.3) is 5.91 Å². The van der Waals surface area contributed by atoms with Crippen molar-refractivity contribution in [1.82, 2.24) is 15.0 Å². The lowest BCUT2D eigenvalue weighted by molar-refractivity contribution is -0.117. The first-order chi connectivity index (χ1) is 9.16. The predicted octanol–water partition coefficient (Wildman–Crippen LogP) is 1.25. The van der Waals surface area contributed by atoms with E-state index in [4.69, 9.17) is 11.6 Å². The van der Waals surface area contributed by atoms with Crippen LogP contribution in [0.4, 0.5) is 5.82 Å². The summed E-state index contributed by atoms with van der Waals surface area (Å²) in [7, 11) is 0. The zero-order valence-corrected chi connectivity index (χ0v) is 10.3. The third-order valence-electron chi connectivity index (χ3n) is 2.69. The molecule has 0 bridgehead atoms. The molecule has 0 fully saturated rings. The van der Waals surface area contributed by atoms with Crippen molar-refractivity contribution >= 4 is 29.2 Å². The average Bonchev–Trinajstić information content (AvgIpc) is 2.41. The fourth-order valence-corrected chi connectivity index (χ4v) is 1.96. The van der Waals surface area contributed by atoms with Gasteiger partial charge in [-0.2, -0.15) is 0 Å². The average molecular weight is 275 g/mol. The smallest absolute Gasteiger partial charge is 0.274 e. The highest BCUT2D eigenvalue weighted by Gasteiger charge is 2.34. The standard InChI is InChI=1S/C12H7ClN4O2/c13-7-1-2-9(16-6-7)17-10(18)5-8-11(12(17)19)15-4-3-14-8/h1-4,6H,5H2. The summed E-state index contributed by atoms with van der Waals surface area (Å²) in [5, 5.41) is 0.431. The number of carbonyl (C=O) groups is 2. The molecule has 7 heteroatoms. The van der Waals surface area contributed by atoms with Crippen molar-refractivity contribution < 1.29 is 9.59 Å². The van der Waals surface area contributed by atoms with Gasteiger partial charge < -0.3 is 0 Å². The maximum absolute atomic E-state index is 12.2. The highest BCUT2D eigenvalue weighted by atomic mass is 35.5. The Kier molecular flexibility index (Phi) is 2.72. The van der Waals surface area contributed by atoms with Crippen LogP contribution in [0.25, 0.3) is 0 Å². The molecule has 6 nitrogen and oxygen atoms in total. The van der Waals surface area contributed by atoms with Crippen molar-refractivity contribution in [2.45, 2.75) is 6.42 Å². The van der Waals surface area contributed by atoms with Gasteiger partial charge >= 0.3 is 0 Å². The van der Waals surface area contributed by atoms with Crippen molar-refractivity contribution in [2.24, 2.45) is 0 Å². The van der Waals surface area contributed by atoms with Gasteiger partial charge in [0.2, 0.25) is 5.91 Å². The third-order valence-corrected chi connectivity index (χ3v) is 2.91. The van der Waals surface area contributed by atoms with E-state index >= 15 is 0 Å². The fraction of sp³-hybridized carbons (Fsp3) is 0.0833. The number of nitrogens with zero attached hydrogens (tertiary/aromatic N) is 4. The minimum atomic E-state index is -0.519. The van der Waals surface area contributed by atoms with Crippen molar-refractivity contribution in [3.05, 3.63) is 47.1 Å². The summed E-state index contributed by atoms with van der Waals surface area (Å²) in [6.45, 7) is 0. The van der Waals surface area contributed by atoms with Crippen LogP contribution in [-0.4, -0.2) is 26.8 Å². The number of carbonyl (C=O) groups excluding carboxylic acids is 2. The van der Waals surface area contributed by atoms with E-state index in [1.54, 1.807) is 6.07 Å². The van der Waals surface area contributed by atoms with Gasteiger partial charge in [0, 0.05) is 18.6 Å². The predicted molar refractivity (Wildman–Crippen MR) is 66.8 cm³/mol. The van der Waals surface area contributed by atoms with Crippen LogP contribution in [0.1, 0.15) is 16.2 Å². The Hall–Kier alpha value is -2.34. The van der Waals surface area contributed by atoms with Crippen molar-refractivity contribution in [1.29, 1.82) is 0 Å². The molecule has 0 saturated carbocycles. The highest BCUT2D eigenvalue weighted by molar-refractivity contribution is 6.30. The second-order valence-electron chi connectivity index (χ2n) is 3.90. The van der Waals surface area contributed by atoms with Gasteiger partial charge in [-0.3, -0.25) is 14.6 Å². The summed E-state index contributed by atoms with van der Waals surface area (Å²) >= 11 is 5.73. The van der Waals surface area contributed by atoms with Crippen molar-refractivity contribution in [3.8, 4) is 0 Å². The van der Waals surface area contributed by atoms with Gasteiger partial charge in [0.05, 0.1) is 17.1 Å². The lowest BCUT2D eigenvalue weighted by Crippen LogP contribution is -2.43. The van der Waals surface area contributed by atoms with Gasteiger partial charge in [0.15, 0.2) is 5.69 Å². The molecule has 0 saturated heterocycles. The zero-order valence-electron chi connectivity index (χ0n) is 9.58. The van der Waals surface area contributed by atoms with Gasteiger partial charge in [-0.1, -0.05) is 11.6 Å². The molecule has 1 aliphatic rings. The number of amides is 2. The van der Waals surface area contributed by atoms with Gasteiger partial charge in [-0.25, -0.2) is 14.9 Å². The number of fused-ring (bicyclic) bond motifs is 1. The minimum absolute atomic E-state index is 0.0270. The molecule has 2 aromatic rings. The largest absolute Gasteiger partial charge is 0.286 e. The summed E-state index contributed by atoms with van der Waals surface area (Å²) in [6, 6.07) is 3.08. The molecule has 0 radical (unpaired) electrons. The molecule has 0 unspecified atom stereocenters. The SMILES string of the molecule is O=C1Cc2nccnc2C(=O)N1c1ccc(Cl)cn1. The maximum atomic E-state index is 12.2. The van der Waals surface area contributed by atoms with Crippen molar-refractivity contribution in [3.63, 3.8) is 0 Å². The Morgan fingerprint density at radius 1 is 1.11 bits per heavy atom. The molecule has 0 atom stereocenters. The summed E-state index contributed by atoms with van der Waals surface area (Å²) < 4.78 is 0. The summed E-state index contributed by atoms with van der Waals surface area (Å²) in [5.41, 5.74) is 0.571. The van der Waals surface area contributed by atoms with Gasteiger partial charge in [-0.15, -0.1) is 0 Å². The molecule has 0 aliphatic carbocycles. The quantitative estimate of drug-likeness (QED) is 0.732. The molecular formula is C12H7ClN4O2. The monoisotopic (exact) mass is 274 g/mol. The van der Waals surface area contributed by atoms with Crippen LogP contribution in [0.3, 0.4) is 0 Å². The number of halogens is 1. The Morgan fingerprint density at radius 3 is 2.63 bits per heavy atom. The van der Waals surface area contributed by atoms with Gasteiger partial charge in [0.1, 0.15) is 5.82 Å². The first kappa shape index (κ1) is 11.7. The van der Waals surface area contributed by atoms with E-state index in [0.717, 1.165) is 4.90 Å². The molecule has 0 N–H and O–H groups in total. The molecule has 94 valence electrons. The van der Waals surface area contributed by atoms with E-state index in [9.17, 15) is 9.59 Å². The number of pyridine rings is 1. The Bertz CT molecular complexity index is 672. The molecule has 2 aromatic heterocycles. The Labute approximate surface area is 113 Å². The normalized spacial score (nSPS) is 14.5. The number of rotatable bonds is 1. The lowest BCUT2D eigenvalue weighted by Gasteiger charge is -2.24. The summed E-state index contributed by atoms with van der Waals surface area (Å²) in [4.78, 5) is 37.2. The molecule has 1 aliphatic heterocycles. The molecule has 3 rings (SSSR count). The molecular weight excluding hydrogens is 268 g/mol. The van der Waals surface area contributed by atoms with Crippen LogP contribution in [0.5, 0.6) is 0 Å². The highest BCUT2D eigenvalue weighted by Crippen LogP contribution is 2.22. The molecule has 0 spiro atoms. The Morgan fingerprint density at radius 2 is 1.89 bits per heavy atom. The fourth-order valence-electron chi connectivity index (χ4n) is 1.85. The molecule has 19 heavy (non-hydrogen) atoms. The third kappa shape index (κ3) is 1.96. The second-order valence-corrected chi connectivity index (χ2v) is 4.33. The van der Waals surface area contributed by atoms with Crippen LogP contribution in [0.2, 0.25) is 5.02 Å². The van der Waals surface area contributed by atoms with Crippen LogP contribution < -0.4 is 4.90 Å². The second kappa shape index (κ2) is 4.40. The van der Waals surface area contributed by atoms with E-state index in [-0.39, 0.29) is 23.8 Å². The zero-order chi connectivity index (χ0) is 13.4. The number of anilines is 1. The van der Waals surface area contributed by atoms with Crippen LogP contribution in [0.15, 0.2) is 30.7 Å². The Balaban J connectivity index is 2.06. The number of aromatic nitrogens is 3. The maximum Gasteiger partial charge on any atom is 0.286 e. The summed E-state index contributed by atoms with van der Waals surface area (Å²) in [6.07, 6.45) is 4.28. The van der Waals surface area contributed by atoms with E-state index in [1.807, 2.05) is 0 Å². The first-order valence-electron chi connectivity index (χ1n) is 5.45. The van der Waals surface area contributed by atoms with E-state index in [1.165, 1.54) is 24.7 Å². The molecule has 3 heterocycles. The van der Waals surface area contributed by atoms with E-state index in [2.05, 4.69) is 15.0 Å². The lowest BCUT2D eigenvalue weighted by atomic mass is 10.1. The van der Waals surface area contributed by atoms with Crippen molar-refractivity contribution in [2.75, 3.05) is 4.90 Å². The number of hydrogen-bond donors (Lipinski definition) is 0. The first-order valence-corrected chi connectivity index (χ1v) is 5.83. The van der Waals surface area contributed by atoms with Crippen LogP contribution in [0, 0.1) is 0 Å². The number of imide groups is 1. The molecule has 2 amide bonds.